The number of esters is 1. The van der Waals surface area contributed by atoms with Crippen LogP contribution in [0.3, 0.4) is 0 Å². The first-order valence-electron chi connectivity index (χ1n) is 4.21. The van der Waals surface area contributed by atoms with E-state index in [9.17, 15) is 13.2 Å². The molecule has 0 saturated heterocycles. The molecule has 0 aromatic carbocycles. The molecule has 0 fully saturated rings. The Bertz CT molecular complexity index is 460. The zero-order valence-electron chi connectivity index (χ0n) is 8.59. The van der Waals surface area contributed by atoms with E-state index in [0.29, 0.717) is 0 Å². The van der Waals surface area contributed by atoms with Gasteiger partial charge in [0.15, 0.2) is 19.8 Å². The predicted molar refractivity (Wildman–Crippen MR) is 64.4 cm³/mol. The van der Waals surface area contributed by atoms with Crippen LogP contribution in [0, 0.1) is 0 Å². The average Bonchev–Trinajstić information content (AvgIpc) is 2.49. The van der Waals surface area contributed by atoms with Gasteiger partial charge in [-0.25, -0.2) is 13.2 Å². The van der Waals surface area contributed by atoms with Gasteiger partial charge in [0.2, 0.25) is 0 Å². The molecule has 1 aliphatic heterocycles. The van der Waals surface area contributed by atoms with E-state index in [-0.39, 0.29) is 15.9 Å². The fourth-order valence-electron chi connectivity index (χ4n) is 0.930. The highest BCUT2D eigenvalue weighted by molar-refractivity contribution is 8.28. The van der Waals surface area contributed by atoms with Crippen LogP contribution in [0.2, 0.25) is 0 Å². The number of aliphatic hydroxyl groups is 1. The first kappa shape index (κ1) is 13.5. The zero-order chi connectivity index (χ0) is 12.3. The summed E-state index contributed by atoms with van der Waals surface area (Å²) in [4.78, 5) is 11.1. The second-order valence-corrected chi connectivity index (χ2v) is 6.91. The Hall–Kier alpha value is -0.600. The maximum Gasteiger partial charge on any atom is 0.351 e. The lowest BCUT2D eigenvalue weighted by Gasteiger charge is -2.07. The molecule has 0 aliphatic carbocycles. The Labute approximate surface area is 102 Å². The molecule has 0 aromatic heterocycles. The molecule has 0 radical (unpaired) electrons. The second kappa shape index (κ2) is 5.15. The number of thioether (sulfide) groups is 2. The van der Waals surface area contributed by atoms with Crippen molar-refractivity contribution in [2.24, 2.45) is 0 Å². The normalized spacial score (nSPS) is 19.2. The van der Waals surface area contributed by atoms with Crippen molar-refractivity contribution in [3.63, 3.8) is 0 Å². The van der Waals surface area contributed by atoms with Crippen molar-refractivity contribution in [3.8, 4) is 0 Å². The fourth-order valence-corrected chi connectivity index (χ4v) is 4.47. The molecule has 0 spiro atoms. The predicted octanol–water partition coefficient (Wildman–Crippen LogP) is 1.60. The van der Waals surface area contributed by atoms with E-state index in [2.05, 4.69) is 4.74 Å². The van der Waals surface area contributed by atoms with E-state index < -0.39 is 20.7 Å². The monoisotopic (exact) mass is 282 g/mol. The van der Waals surface area contributed by atoms with Gasteiger partial charge in [-0.2, -0.15) is 0 Å². The maximum atomic E-state index is 11.5. The van der Waals surface area contributed by atoms with Crippen molar-refractivity contribution >= 4 is 39.3 Å². The second-order valence-electron chi connectivity index (χ2n) is 2.79. The Morgan fingerprint density at radius 2 is 2.19 bits per heavy atom. The standard InChI is InChI=1S/C8H10O5S3/c1-3-13-7(10)6(16(2,11)12)8-14-4-5(9)15-8/h4,9H,3H2,1-2H3/b8-6-. The van der Waals surface area contributed by atoms with Gasteiger partial charge in [-0.05, 0) is 18.7 Å². The van der Waals surface area contributed by atoms with Crippen LogP contribution in [0.25, 0.3) is 0 Å². The molecular formula is C8H10O5S3. The zero-order valence-corrected chi connectivity index (χ0v) is 11.0. The third-order valence-corrected chi connectivity index (χ3v) is 5.02. The molecule has 0 saturated carbocycles. The minimum Gasteiger partial charge on any atom is -0.501 e. The molecule has 0 aromatic rings. The first-order chi connectivity index (χ1) is 7.36. The van der Waals surface area contributed by atoms with Gasteiger partial charge in [0.05, 0.1) is 10.8 Å². The lowest BCUT2D eigenvalue weighted by Crippen LogP contribution is -2.16. The van der Waals surface area contributed by atoms with Crippen LogP contribution in [0.1, 0.15) is 6.92 Å². The quantitative estimate of drug-likeness (QED) is 0.622. The summed E-state index contributed by atoms with van der Waals surface area (Å²) < 4.78 is 27.8. The molecule has 16 heavy (non-hydrogen) atoms. The summed E-state index contributed by atoms with van der Waals surface area (Å²) in [5, 5.41) is 10.5. The van der Waals surface area contributed by atoms with Crippen LogP contribution in [0.5, 0.6) is 0 Å². The minimum atomic E-state index is -3.67. The van der Waals surface area contributed by atoms with Crippen molar-refractivity contribution < 1.29 is 23.1 Å². The van der Waals surface area contributed by atoms with Crippen molar-refractivity contribution in [2.75, 3.05) is 12.9 Å². The number of aliphatic hydroxyl groups excluding tert-OH is 1. The molecule has 90 valence electrons. The number of hydrogen-bond donors (Lipinski definition) is 1. The van der Waals surface area contributed by atoms with Crippen LogP contribution in [-0.2, 0) is 19.4 Å². The lowest BCUT2D eigenvalue weighted by molar-refractivity contribution is -0.137. The molecular weight excluding hydrogens is 272 g/mol. The van der Waals surface area contributed by atoms with Crippen LogP contribution in [0.15, 0.2) is 19.6 Å². The number of rotatable bonds is 3. The van der Waals surface area contributed by atoms with Gasteiger partial charge in [0.25, 0.3) is 0 Å². The van der Waals surface area contributed by atoms with Crippen LogP contribution >= 0.6 is 23.5 Å². The summed E-state index contributed by atoms with van der Waals surface area (Å²) in [6, 6.07) is 0. The molecule has 1 aliphatic rings. The van der Waals surface area contributed by atoms with Gasteiger partial charge in [0, 0.05) is 11.7 Å². The molecule has 0 unspecified atom stereocenters. The summed E-state index contributed by atoms with van der Waals surface area (Å²) in [5.41, 5.74) is 0. The van der Waals surface area contributed by atoms with E-state index in [1.165, 1.54) is 5.41 Å². The number of hydrogen-bond acceptors (Lipinski definition) is 7. The molecule has 1 rings (SSSR count). The smallest absolute Gasteiger partial charge is 0.351 e. The Balaban J connectivity index is 3.13. The van der Waals surface area contributed by atoms with Gasteiger partial charge in [-0.3, -0.25) is 0 Å². The summed E-state index contributed by atoms with van der Waals surface area (Å²) in [7, 11) is -3.67. The van der Waals surface area contributed by atoms with Gasteiger partial charge in [0.1, 0.15) is 0 Å². The number of carbonyl (C=O) groups excluding carboxylic acids is 1. The highest BCUT2D eigenvalue weighted by Crippen LogP contribution is 2.45. The molecule has 1 N–H and O–H groups in total. The maximum absolute atomic E-state index is 11.5. The van der Waals surface area contributed by atoms with E-state index >= 15 is 0 Å². The molecule has 8 heteroatoms. The SMILES string of the molecule is CCOC(=O)/C(=C1\SC=C(O)S1)S(C)(=O)=O. The van der Waals surface area contributed by atoms with Crippen molar-refractivity contribution in [1.29, 1.82) is 0 Å². The van der Waals surface area contributed by atoms with Crippen molar-refractivity contribution in [3.05, 3.63) is 19.6 Å². The Morgan fingerprint density at radius 1 is 1.56 bits per heavy atom. The Morgan fingerprint density at radius 3 is 2.56 bits per heavy atom. The van der Waals surface area contributed by atoms with Crippen LogP contribution < -0.4 is 0 Å². The Kier molecular flexibility index (Phi) is 4.34. The van der Waals surface area contributed by atoms with Gasteiger partial charge < -0.3 is 9.84 Å². The topological polar surface area (TPSA) is 80.7 Å². The van der Waals surface area contributed by atoms with Gasteiger partial charge in [-0.1, -0.05) is 11.8 Å². The lowest BCUT2D eigenvalue weighted by atomic mass is 10.6. The number of carbonyl (C=O) groups is 1. The minimum absolute atomic E-state index is 0.0366. The van der Waals surface area contributed by atoms with E-state index in [1.54, 1.807) is 6.92 Å². The third kappa shape index (κ3) is 3.19. The fraction of sp³-hybridized carbons (Fsp3) is 0.375. The third-order valence-electron chi connectivity index (χ3n) is 1.48. The average molecular weight is 282 g/mol. The van der Waals surface area contributed by atoms with Gasteiger partial charge >= 0.3 is 5.97 Å². The molecule has 0 amide bonds. The summed E-state index contributed by atoms with van der Waals surface area (Å²) >= 11 is 1.82. The van der Waals surface area contributed by atoms with Gasteiger partial charge in [-0.15, -0.1) is 0 Å². The van der Waals surface area contributed by atoms with E-state index in [0.717, 1.165) is 29.8 Å². The molecule has 5 nitrogen and oxygen atoms in total. The largest absolute Gasteiger partial charge is 0.501 e. The molecule has 1 heterocycles. The van der Waals surface area contributed by atoms with Crippen molar-refractivity contribution in [1.82, 2.24) is 0 Å². The van der Waals surface area contributed by atoms with Crippen molar-refractivity contribution in [2.45, 2.75) is 6.92 Å². The van der Waals surface area contributed by atoms with E-state index in [1.807, 2.05) is 0 Å². The number of sulfone groups is 1. The van der Waals surface area contributed by atoms with E-state index in [4.69, 9.17) is 5.11 Å². The molecule has 0 atom stereocenters. The highest BCUT2D eigenvalue weighted by Gasteiger charge is 2.29. The van der Waals surface area contributed by atoms with Crippen LogP contribution in [-0.4, -0.2) is 32.4 Å². The first-order valence-corrected chi connectivity index (χ1v) is 7.80. The molecule has 0 bridgehead atoms. The number of ether oxygens (including phenoxy) is 1. The highest BCUT2D eigenvalue weighted by atomic mass is 32.2. The summed E-state index contributed by atoms with van der Waals surface area (Å²) in [6.45, 7) is 1.69. The summed E-state index contributed by atoms with van der Waals surface area (Å²) in [5.74, 6) is -0.886. The van der Waals surface area contributed by atoms with Crippen LogP contribution in [0.4, 0.5) is 0 Å². The summed E-state index contributed by atoms with van der Waals surface area (Å²) in [6.07, 6.45) is 0.933.